The minimum atomic E-state index is 0.622. The first-order valence-electron chi connectivity index (χ1n) is 7.59. The topological polar surface area (TPSA) is 44.3 Å². The van der Waals surface area contributed by atoms with E-state index in [9.17, 15) is 0 Å². The smallest absolute Gasteiger partial charge is 0.137 e. The van der Waals surface area contributed by atoms with Crippen molar-refractivity contribution in [1.29, 1.82) is 0 Å². The molecule has 1 aromatic rings. The number of aromatic nitrogens is 2. The Hall–Kier alpha value is -1.36. The first-order valence-corrected chi connectivity index (χ1v) is 7.59. The zero-order chi connectivity index (χ0) is 14.7. The molecule has 112 valence electrons. The van der Waals surface area contributed by atoms with Crippen LogP contribution in [0, 0.1) is 6.92 Å². The molecule has 1 aliphatic heterocycles. The molecule has 1 unspecified atom stereocenters. The van der Waals surface area contributed by atoms with Crippen LogP contribution in [0.3, 0.4) is 0 Å². The summed E-state index contributed by atoms with van der Waals surface area (Å²) in [6.45, 7) is 9.35. The molecular formula is C15H27N5. The minimum absolute atomic E-state index is 0.622. The maximum absolute atomic E-state index is 4.77. The van der Waals surface area contributed by atoms with E-state index in [1.165, 1.54) is 12.0 Å². The Morgan fingerprint density at radius 2 is 2.05 bits per heavy atom. The van der Waals surface area contributed by atoms with Gasteiger partial charge in [0.1, 0.15) is 17.5 Å². The van der Waals surface area contributed by atoms with E-state index in [4.69, 9.17) is 4.98 Å². The lowest BCUT2D eigenvalue weighted by Gasteiger charge is -2.23. The largest absolute Gasteiger partial charge is 0.370 e. The maximum atomic E-state index is 4.77. The molecule has 0 amide bonds. The number of hydrogen-bond donors (Lipinski definition) is 1. The van der Waals surface area contributed by atoms with Gasteiger partial charge >= 0.3 is 0 Å². The van der Waals surface area contributed by atoms with Gasteiger partial charge in [0, 0.05) is 37.7 Å². The molecule has 2 rings (SSSR count). The lowest BCUT2D eigenvalue weighted by molar-refractivity contribution is 0.315. The van der Waals surface area contributed by atoms with Crippen LogP contribution in [0.2, 0.25) is 0 Å². The summed E-state index contributed by atoms with van der Waals surface area (Å²) in [6, 6.07) is 0.622. The van der Waals surface area contributed by atoms with Gasteiger partial charge in [0.15, 0.2) is 0 Å². The third-order valence-corrected chi connectivity index (χ3v) is 4.02. The summed E-state index contributed by atoms with van der Waals surface area (Å²) in [5, 5.41) is 3.36. The highest BCUT2D eigenvalue weighted by molar-refractivity contribution is 5.59. The molecule has 1 saturated heterocycles. The summed E-state index contributed by atoms with van der Waals surface area (Å²) in [4.78, 5) is 14.1. The van der Waals surface area contributed by atoms with Crippen molar-refractivity contribution < 1.29 is 0 Å². The molecule has 1 N–H and O–H groups in total. The summed E-state index contributed by atoms with van der Waals surface area (Å²) in [7, 11) is 4.31. The molecule has 0 aromatic carbocycles. The van der Waals surface area contributed by atoms with Crippen molar-refractivity contribution in [2.45, 2.75) is 39.7 Å². The van der Waals surface area contributed by atoms with Crippen LogP contribution in [-0.2, 0) is 6.42 Å². The second-order valence-electron chi connectivity index (χ2n) is 5.67. The van der Waals surface area contributed by atoms with Crippen LogP contribution in [0.15, 0.2) is 0 Å². The second kappa shape index (κ2) is 6.39. The van der Waals surface area contributed by atoms with Crippen molar-refractivity contribution in [2.75, 3.05) is 43.9 Å². The van der Waals surface area contributed by atoms with Crippen LogP contribution in [0.1, 0.15) is 31.7 Å². The van der Waals surface area contributed by atoms with Gasteiger partial charge < -0.3 is 15.1 Å². The summed E-state index contributed by atoms with van der Waals surface area (Å²) >= 11 is 0. The van der Waals surface area contributed by atoms with E-state index in [0.29, 0.717) is 6.04 Å². The van der Waals surface area contributed by atoms with E-state index < -0.39 is 0 Å². The molecule has 5 nitrogen and oxygen atoms in total. The molecule has 1 atom stereocenters. The average molecular weight is 277 g/mol. The molecule has 0 bridgehead atoms. The monoisotopic (exact) mass is 277 g/mol. The molecule has 1 aromatic heterocycles. The number of anilines is 2. The number of nitrogens with one attached hydrogen (secondary N) is 1. The van der Waals surface area contributed by atoms with Crippen molar-refractivity contribution in [2.24, 2.45) is 0 Å². The van der Waals surface area contributed by atoms with Crippen LogP contribution in [-0.4, -0.2) is 54.6 Å². The minimum Gasteiger partial charge on any atom is -0.370 e. The van der Waals surface area contributed by atoms with E-state index >= 15 is 0 Å². The van der Waals surface area contributed by atoms with Crippen LogP contribution < -0.4 is 10.2 Å². The van der Waals surface area contributed by atoms with Gasteiger partial charge in [-0.05, 0) is 34.4 Å². The van der Waals surface area contributed by atoms with Gasteiger partial charge in [-0.2, -0.15) is 0 Å². The Kier molecular flexibility index (Phi) is 4.81. The molecule has 5 heteroatoms. The zero-order valence-corrected chi connectivity index (χ0v) is 13.4. The van der Waals surface area contributed by atoms with E-state index in [1.807, 2.05) is 0 Å². The fourth-order valence-corrected chi connectivity index (χ4v) is 2.71. The molecule has 1 fully saturated rings. The highest BCUT2D eigenvalue weighted by atomic mass is 15.3. The number of aryl methyl sites for hydroxylation is 1. The van der Waals surface area contributed by atoms with Gasteiger partial charge in [-0.1, -0.05) is 6.92 Å². The van der Waals surface area contributed by atoms with Crippen LogP contribution in [0.4, 0.5) is 11.6 Å². The Labute approximate surface area is 122 Å². The zero-order valence-electron chi connectivity index (χ0n) is 13.4. The maximum Gasteiger partial charge on any atom is 0.137 e. The van der Waals surface area contributed by atoms with Gasteiger partial charge in [-0.25, -0.2) is 9.97 Å². The standard InChI is InChI=1S/C15H27N5/c1-6-13-17-14(16-7-2)11(3)15(18-13)20-9-8-12(10-20)19(4)5/h12H,6-10H2,1-5H3,(H,16,17,18). The molecule has 0 radical (unpaired) electrons. The quantitative estimate of drug-likeness (QED) is 0.891. The van der Waals surface area contributed by atoms with E-state index in [2.05, 4.69) is 55.0 Å². The van der Waals surface area contributed by atoms with Crippen molar-refractivity contribution in [3.63, 3.8) is 0 Å². The average Bonchev–Trinajstić information content (AvgIpc) is 2.91. The number of nitrogens with zero attached hydrogens (tertiary/aromatic N) is 4. The molecule has 1 aliphatic rings. The third kappa shape index (κ3) is 3.03. The molecular weight excluding hydrogens is 250 g/mol. The van der Waals surface area contributed by atoms with Gasteiger partial charge in [0.05, 0.1) is 0 Å². The van der Waals surface area contributed by atoms with Gasteiger partial charge in [0.2, 0.25) is 0 Å². The van der Waals surface area contributed by atoms with Gasteiger partial charge in [0.25, 0.3) is 0 Å². The van der Waals surface area contributed by atoms with Crippen LogP contribution in [0.25, 0.3) is 0 Å². The lowest BCUT2D eigenvalue weighted by Crippen LogP contribution is -2.32. The molecule has 20 heavy (non-hydrogen) atoms. The summed E-state index contributed by atoms with van der Waals surface area (Å²) in [5.74, 6) is 3.02. The van der Waals surface area contributed by atoms with Gasteiger partial charge in [-0.3, -0.25) is 0 Å². The molecule has 0 saturated carbocycles. The predicted octanol–water partition coefficient (Wildman–Crippen LogP) is 1.92. The van der Waals surface area contributed by atoms with Crippen molar-refractivity contribution in [1.82, 2.24) is 14.9 Å². The summed E-state index contributed by atoms with van der Waals surface area (Å²) < 4.78 is 0. The fourth-order valence-electron chi connectivity index (χ4n) is 2.71. The van der Waals surface area contributed by atoms with Crippen molar-refractivity contribution in [3.05, 3.63) is 11.4 Å². The Morgan fingerprint density at radius 1 is 1.30 bits per heavy atom. The fraction of sp³-hybridized carbons (Fsp3) is 0.733. The summed E-state index contributed by atoms with van der Waals surface area (Å²) in [5.41, 5.74) is 1.17. The second-order valence-corrected chi connectivity index (χ2v) is 5.67. The normalized spacial score (nSPS) is 18.9. The first kappa shape index (κ1) is 15.0. The highest BCUT2D eigenvalue weighted by Gasteiger charge is 2.27. The Morgan fingerprint density at radius 3 is 2.60 bits per heavy atom. The molecule has 0 spiro atoms. The molecule has 2 heterocycles. The SMILES string of the molecule is CCNc1nc(CC)nc(N2CCC(N(C)C)C2)c1C. The van der Waals surface area contributed by atoms with E-state index in [-0.39, 0.29) is 0 Å². The number of hydrogen-bond acceptors (Lipinski definition) is 5. The Balaban J connectivity index is 2.29. The molecule has 0 aliphatic carbocycles. The third-order valence-electron chi connectivity index (χ3n) is 4.02. The van der Waals surface area contributed by atoms with Crippen LogP contribution >= 0.6 is 0 Å². The number of rotatable bonds is 5. The van der Waals surface area contributed by atoms with E-state index in [0.717, 1.165) is 43.5 Å². The van der Waals surface area contributed by atoms with Gasteiger partial charge in [-0.15, -0.1) is 0 Å². The first-order chi connectivity index (χ1) is 9.56. The Bertz CT molecular complexity index is 458. The predicted molar refractivity (Wildman–Crippen MR) is 84.6 cm³/mol. The summed E-state index contributed by atoms with van der Waals surface area (Å²) in [6.07, 6.45) is 2.07. The van der Waals surface area contributed by atoms with Crippen LogP contribution in [0.5, 0.6) is 0 Å². The van der Waals surface area contributed by atoms with Crippen molar-refractivity contribution >= 4 is 11.6 Å². The van der Waals surface area contributed by atoms with Crippen molar-refractivity contribution in [3.8, 4) is 0 Å². The number of likely N-dealkylation sites (N-methyl/N-ethyl adjacent to an activating group) is 1. The highest BCUT2D eigenvalue weighted by Crippen LogP contribution is 2.27. The van der Waals surface area contributed by atoms with E-state index in [1.54, 1.807) is 0 Å². The lowest BCUT2D eigenvalue weighted by atomic mass is 10.2.